The molecule has 1 aliphatic rings. The van der Waals surface area contributed by atoms with E-state index in [1.54, 1.807) is 0 Å². The van der Waals surface area contributed by atoms with Crippen LogP contribution in [-0.2, 0) is 0 Å². The van der Waals surface area contributed by atoms with Gasteiger partial charge in [0.25, 0.3) is 0 Å². The molecule has 1 atom stereocenters. The first-order valence-corrected chi connectivity index (χ1v) is 6.52. The Labute approximate surface area is 117 Å². The maximum absolute atomic E-state index is 11.6. The molecule has 0 spiro atoms. The highest BCUT2D eigenvalue weighted by Crippen LogP contribution is 2.32. The van der Waals surface area contributed by atoms with E-state index in [1.165, 1.54) is 5.01 Å². The fourth-order valence-electron chi connectivity index (χ4n) is 2.45. The van der Waals surface area contributed by atoms with Crippen molar-refractivity contribution in [2.75, 3.05) is 0 Å². The Balaban J connectivity index is 1.94. The van der Waals surface area contributed by atoms with Crippen LogP contribution in [0.2, 0.25) is 0 Å². The minimum Gasteiger partial charge on any atom is -0.350 e. The Morgan fingerprint density at radius 3 is 2.25 bits per heavy atom. The summed E-state index contributed by atoms with van der Waals surface area (Å²) in [6.45, 7) is 0. The summed E-state index contributed by atoms with van der Waals surface area (Å²) in [4.78, 5) is 11.6. The van der Waals surface area contributed by atoms with Crippen molar-refractivity contribution in [1.82, 2.24) is 5.01 Å². The van der Waals surface area contributed by atoms with Crippen LogP contribution in [0.5, 0.6) is 0 Å². The van der Waals surface area contributed by atoms with Crippen LogP contribution in [0, 0.1) is 0 Å². The average Bonchev–Trinajstić information content (AvgIpc) is 2.94. The van der Waals surface area contributed by atoms with Gasteiger partial charge < -0.3 is 5.73 Å². The van der Waals surface area contributed by atoms with Gasteiger partial charge in [0.15, 0.2) is 0 Å². The van der Waals surface area contributed by atoms with Crippen molar-refractivity contribution in [2.24, 2.45) is 10.8 Å². The molecule has 4 heteroatoms. The maximum Gasteiger partial charge on any atom is 0.335 e. The first kappa shape index (κ1) is 12.4. The van der Waals surface area contributed by atoms with Gasteiger partial charge in [0.1, 0.15) is 0 Å². The molecule has 0 aromatic heterocycles. The molecule has 0 unspecified atom stereocenters. The second-order valence-corrected chi connectivity index (χ2v) is 4.73. The third-order valence-corrected chi connectivity index (χ3v) is 3.43. The van der Waals surface area contributed by atoms with Crippen LogP contribution in [0.4, 0.5) is 4.79 Å². The number of benzene rings is 2. The van der Waals surface area contributed by atoms with Gasteiger partial charge in [-0.15, -0.1) is 0 Å². The van der Waals surface area contributed by atoms with E-state index < -0.39 is 6.03 Å². The Hall–Kier alpha value is -2.62. The van der Waals surface area contributed by atoms with Gasteiger partial charge in [-0.3, -0.25) is 0 Å². The second kappa shape index (κ2) is 5.17. The summed E-state index contributed by atoms with van der Waals surface area (Å²) in [5, 5.41) is 5.76. The van der Waals surface area contributed by atoms with E-state index in [-0.39, 0.29) is 6.04 Å². The number of nitrogens with two attached hydrogens (primary N) is 1. The number of hydrazone groups is 1. The molecule has 2 aromatic rings. The molecule has 20 heavy (non-hydrogen) atoms. The highest BCUT2D eigenvalue weighted by Gasteiger charge is 2.31. The van der Waals surface area contributed by atoms with Gasteiger partial charge in [0, 0.05) is 6.42 Å². The van der Waals surface area contributed by atoms with Crippen molar-refractivity contribution in [3.8, 4) is 0 Å². The van der Waals surface area contributed by atoms with Crippen LogP contribution in [0.1, 0.15) is 23.6 Å². The van der Waals surface area contributed by atoms with Crippen LogP contribution in [0.3, 0.4) is 0 Å². The number of nitrogens with zero attached hydrogens (tertiary/aromatic N) is 2. The maximum atomic E-state index is 11.6. The highest BCUT2D eigenvalue weighted by molar-refractivity contribution is 6.03. The van der Waals surface area contributed by atoms with Gasteiger partial charge in [-0.1, -0.05) is 60.7 Å². The van der Waals surface area contributed by atoms with E-state index in [2.05, 4.69) is 5.10 Å². The standard InChI is InChI=1S/C16H15N3O/c17-16(20)19-15(13-9-5-2-6-10-13)11-14(18-19)12-7-3-1-4-8-12/h1-10,15H,11H2,(H2,17,20)/t15-/m1/s1. The summed E-state index contributed by atoms with van der Waals surface area (Å²) in [6, 6.07) is 19.1. The molecule has 0 saturated carbocycles. The first-order chi connectivity index (χ1) is 9.75. The average molecular weight is 265 g/mol. The molecule has 0 fully saturated rings. The number of rotatable bonds is 2. The minimum atomic E-state index is -0.523. The fraction of sp³-hybridized carbons (Fsp3) is 0.125. The molecule has 0 radical (unpaired) electrons. The van der Waals surface area contributed by atoms with Gasteiger partial charge >= 0.3 is 6.03 Å². The van der Waals surface area contributed by atoms with Crippen LogP contribution >= 0.6 is 0 Å². The monoisotopic (exact) mass is 265 g/mol. The quantitative estimate of drug-likeness (QED) is 0.891. The van der Waals surface area contributed by atoms with Gasteiger partial charge in [-0.2, -0.15) is 5.10 Å². The summed E-state index contributed by atoms with van der Waals surface area (Å²) >= 11 is 0. The smallest absolute Gasteiger partial charge is 0.335 e. The number of carbonyl (C=O) groups is 1. The number of urea groups is 1. The van der Waals surface area contributed by atoms with E-state index in [1.807, 2.05) is 60.7 Å². The number of hydrogen-bond acceptors (Lipinski definition) is 2. The molecule has 1 aliphatic heterocycles. The Kier molecular flexibility index (Phi) is 3.21. The summed E-state index contributed by atoms with van der Waals surface area (Å²) in [7, 11) is 0. The molecular formula is C16H15N3O. The Morgan fingerprint density at radius 1 is 1.05 bits per heavy atom. The lowest BCUT2D eigenvalue weighted by Gasteiger charge is -2.19. The first-order valence-electron chi connectivity index (χ1n) is 6.52. The largest absolute Gasteiger partial charge is 0.350 e. The lowest BCUT2D eigenvalue weighted by Crippen LogP contribution is -2.31. The van der Waals surface area contributed by atoms with Crippen LogP contribution in [0.25, 0.3) is 0 Å². The van der Waals surface area contributed by atoms with E-state index in [0.29, 0.717) is 6.42 Å². The predicted molar refractivity (Wildman–Crippen MR) is 78.2 cm³/mol. The van der Waals surface area contributed by atoms with Crippen molar-refractivity contribution in [3.63, 3.8) is 0 Å². The van der Waals surface area contributed by atoms with Gasteiger partial charge in [0.2, 0.25) is 0 Å². The van der Waals surface area contributed by atoms with Crippen molar-refractivity contribution in [3.05, 3.63) is 71.8 Å². The van der Waals surface area contributed by atoms with Crippen LogP contribution in [0.15, 0.2) is 65.8 Å². The molecule has 2 amide bonds. The normalized spacial score (nSPS) is 17.9. The fourth-order valence-corrected chi connectivity index (χ4v) is 2.45. The van der Waals surface area contributed by atoms with Crippen molar-refractivity contribution < 1.29 is 4.79 Å². The number of carbonyl (C=O) groups excluding carboxylic acids is 1. The third kappa shape index (κ3) is 2.28. The highest BCUT2D eigenvalue weighted by atomic mass is 16.2. The number of primary amides is 1. The zero-order valence-electron chi connectivity index (χ0n) is 10.9. The Bertz CT molecular complexity index is 637. The molecule has 4 nitrogen and oxygen atoms in total. The molecule has 0 bridgehead atoms. The summed E-state index contributed by atoms with van der Waals surface area (Å²) in [5.41, 5.74) is 8.40. The predicted octanol–water partition coefficient (Wildman–Crippen LogP) is 2.92. The zero-order valence-corrected chi connectivity index (χ0v) is 10.9. The van der Waals surface area contributed by atoms with E-state index >= 15 is 0 Å². The van der Waals surface area contributed by atoms with Gasteiger partial charge in [-0.25, -0.2) is 9.80 Å². The molecular weight excluding hydrogens is 250 g/mol. The summed E-state index contributed by atoms with van der Waals surface area (Å²) in [6.07, 6.45) is 0.678. The van der Waals surface area contributed by atoms with Gasteiger partial charge in [-0.05, 0) is 11.1 Å². The topological polar surface area (TPSA) is 58.7 Å². The molecule has 1 heterocycles. The molecule has 0 saturated heterocycles. The molecule has 3 rings (SSSR count). The number of hydrogen-bond donors (Lipinski definition) is 1. The lowest BCUT2D eigenvalue weighted by molar-refractivity contribution is 0.196. The summed E-state index contributed by atoms with van der Waals surface area (Å²) < 4.78 is 0. The van der Waals surface area contributed by atoms with Crippen LogP contribution in [-0.4, -0.2) is 16.8 Å². The minimum absolute atomic E-state index is 0.121. The zero-order chi connectivity index (χ0) is 13.9. The van der Waals surface area contributed by atoms with Gasteiger partial charge in [0.05, 0.1) is 11.8 Å². The number of amides is 2. The van der Waals surface area contributed by atoms with Crippen molar-refractivity contribution in [1.29, 1.82) is 0 Å². The molecule has 2 N–H and O–H groups in total. The van der Waals surface area contributed by atoms with E-state index in [0.717, 1.165) is 16.8 Å². The lowest BCUT2D eigenvalue weighted by atomic mass is 9.99. The van der Waals surface area contributed by atoms with E-state index in [9.17, 15) is 4.79 Å². The Morgan fingerprint density at radius 2 is 1.65 bits per heavy atom. The summed E-state index contributed by atoms with van der Waals surface area (Å²) in [5.74, 6) is 0. The molecule has 0 aliphatic carbocycles. The molecule has 2 aromatic carbocycles. The third-order valence-electron chi connectivity index (χ3n) is 3.43. The molecule has 100 valence electrons. The SMILES string of the molecule is NC(=O)N1N=C(c2ccccc2)C[C@@H]1c1ccccc1. The van der Waals surface area contributed by atoms with Crippen LogP contribution < -0.4 is 5.73 Å². The van der Waals surface area contributed by atoms with Crippen molar-refractivity contribution in [2.45, 2.75) is 12.5 Å². The van der Waals surface area contributed by atoms with Crippen molar-refractivity contribution >= 4 is 11.7 Å². The second-order valence-electron chi connectivity index (χ2n) is 4.73. The van der Waals surface area contributed by atoms with E-state index in [4.69, 9.17) is 5.73 Å².